The third-order valence-electron chi connectivity index (χ3n) is 6.99. The standard InChI is InChI=1S/C12H11BrO4/c13-11-6-3-7(11)5-8(12(11)16-1-2-17-12)4(6)10(3,5)9(14)15/h3-8H,1-2H2,(H,14,15)/p-1/t3?,4-,5+,6+,7-,8?,10?,11?. The van der Waals surface area contributed by atoms with E-state index in [0.717, 1.165) is 0 Å². The molecule has 0 amide bonds. The molecule has 0 aromatic heterocycles. The summed E-state index contributed by atoms with van der Waals surface area (Å²) in [5.41, 5.74) is -0.476. The van der Waals surface area contributed by atoms with E-state index in [1.54, 1.807) is 0 Å². The van der Waals surface area contributed by atoms with Crippen molar-refractivity contribution in [1.29, 1.82) is 0 Å². The van der Waals surface area contributed by atoms with Gasteiger partial charge in [-0.15, -0.1) is 0 Å². The molecule has 1 aliphatic heterocycles. The van der Waals surface area contributed by atoms with E-state index in [4.69, 9.17) is 9.47 Å². The topological polar surface area (TPSA) is 58.6 Å². The maximum atomic E-state index is 11.4. The van der Waals surface area contributed by atoms with Crippen LogP contribution in [0.4, 0.5) is 0 Å². The molecule has 0 radical (unpaired) electrons. The van der Waals surface area contributed by atoms with Crippen molar-refractivity contribution in [3.05, 3.63) is 0 Å². The van der Waals surface area contributed by atoms with Crippen LogP contribution in [-0.4, -0.2) is 29.3 Å². The molecule has 0 aromatic carbocycles. The van der Waals surface area contributed by atoms with Gasteiger partial charge in [0.25, 0.3) is 0 Å². The Morgan fingerprint density at radius 2 is 1.59 bits per heavy atom. The lowest BCUT2D eigenvalue weighted by Gasteiger charge is -2.91. The highest BCUT2D eigenvalue weighted by Gasteiger charge is 3.09. The Kier molecular flexibility index (Phi) is 0.998. The molecule has 7 fully saturated rings. The van der Waals surface area contributed by atoms with Gasteiger partial charge in [0.05, 0.1) is 17.5 Å². The Hall–Kier alpha value is -0.130. The number of rotatable bonds is 1. The Morgan fingerprint density at radius 1 is 1.06 bits per heavy atom. The summed E-state index contributed by atoms with van der Waals surface area (Å²) in [6.07, 6.45) is 0. The summed E-state index contributed by atoms with van der Waals surface area (Å²) in [4.78, 5) is 11.4. The number of carbonyl (C=O) groups excluding carboxylic acids is 1. The van der Waals surface area contributed by atoms with Crippen molar-refractivity contribution in [3.8, 4) is 0 Å². The second-order valence-electron chi connectivity index (χ2n) is 6.51. The SMILES string of the molecule is O=C([O-])C12C3[C@@H]4[C@H]1C1[C@H]2[C@H]3C4(Br)C12OCCO2. The molecule has 0 aromatic rings. The first-order valence-electron chi connectivity index (χ1n) is 6.31. The van der Waals surface area contributed by atoms with Crippen molar-refractivity contribution in [3.63, 3.8) is 0 Å². The molecular formula is C12H10BrO4-. The predicted octanol–water partition coefficient (Wildman–Crippen LogP) is -0.635. The summed E-state index contributed by atoms with van der Waals surface area (Å²) in [6.45, 7) is 1.29. The monoisotopic (exact) mass is 297 g/mol. The van der Waals surface area contributed by atoms with Gasteiger partial charge in [-0.25, -0.2) is 0 Å². The van der Waals surface area contributed by atoms with E-state index < -0.39 is 17.2 Å². The molecule has 8 atom stereocenters. The lowest BCUT2D eigenvalue weighted by Crippen LogP contribution is -2.95. The average molecular weight is 298 g/mol. The first-order chi connectivity index (χ1) is 8.13. The molecule has 0 N–H and O–H groups in total. The lowest BCUT2D eigenvalue weighted by atomic mass is 9.13. The van der Waals surface area contributed by atoms with Crippen molar-refractivity contribution >= 4 is 21.9 Å². The third kappa shape index (κ3) is 0.434. The van der Waals surface area contributed by atoms with Crippen LogP contribution in [0.1, 0.15) is 0 Å². The molecule has 7 aliphatic rings. The fourth-order valence-electron chi connectivity index (χ4n) is 7.03. The second kappa shape index (κ2) is 1.91. The van der Waals surface area contributed by atoms with Crippen LogP contribution in [0.2, 0.25) is 0 Å². The van der Waals surface area contributed by atoms with Gasteiger partial charge >= 0.3 is 0 Å². The minimum Gasteiger partial charge on any atom is -0.550 e. The molecule has 1 heterocycles. The molecule has 5 heteroatoms. The molecule has 90 valence electrons. The quantitative estimate of drug-likeness (QED) is 0.605. The number of aliphatic carboxylic acids is 1. The van der Waals surface area contributed by atoms with Crippen LogP contribution in [0, 0.1) is 40.9 Å². The Morgan fingerprint density at radius 3 is 2.12 bits per heavy atom. The van der Waals surface area contributed by atoms with Gasteiger partial charge in [0.1, 0.15) is 0 Å². The largest absolute Gasteiger partial charge is 0.550 e. The van der Waals surface area contributed by atoms with Crippen molar-refractivity contribution in [2.45, 2.75) is 10.1 Å². The fourth-order valence-corrected chi connectivity index (χ4v) is 8.66. The first-order valence-corrected chi connectivity index (χ1v) is 7.11. The molecule has 6 saturated carbocycles. The maximum Gasteiger partial charge on any atom is 0.187 e. The van der Waals surface area contributed by atoms with Crippen LogP contribution < -0.4 is 5.11 Å². The zero-order valence-electron chi connectivity index (χ0n) is 8.89. The van der Waals surface area contributed by atoms with Gasteiger partial charge in [-0.3, -0.25) is 0 Å². The summed E-state index contributed by atoms with van der Waals surface area (Å²) in [6, 6.07) is 0. The minimum atomic E-state index is -0.814. The van der Waals surface area contributed by atoms with Gasteiger partial charge in [0.2, 0.25) is 0 Å². The normalized spacial score (nSPS) is 73.5. The summed E-state index contributed by atoms with van der Waals surface area (Å²) < 4.78 is 11.8. The van der Waals surface area contributed by atoms with Crippen LogP contribution in [-0.2, 0) is 14.3 Å². The Bertz CT molecular complexity index is 491. The number of carboxylic acid groups (broad SMARTS) is 1. The maximum absolute atomic E-state index is 11.4. The minimum absolute atomic E-state index is 0.0711. The van der Waals surface area contributed by atoms with E-state index in [0.29, 0.717) is 36.9 Å². The summed E-state index contributed by atoms with van der Waals surface area (Å²) in [7, 11) is 0. The van der Waals surface area contributed by atoms with Crippen LogP contribution >= 0.6 is 15.9 Å². The van der Waals surface area contributed by atoms with E-state index in [-0.39, 0.29) is 16.2 Å². The molecule has 6 aliphatic carbocycles. The van der Waals surface area contributed by atoms with Crippen molar-refractivity contribution in [2.24, 2.45) is 40.9 Å². The zero-order valence-corrected chi connectivity index (χ0v) is 10.5. The summed E-state index contributed by atoms with van der Waals surface area (Å²) in [5.74, 6) is 0.772. The molecule has 1 saturated heterocycles. The number of alkyl halides is 1. The van der Waals surface area contributed by atoms with Crippen LogP contribution in [0.3, 0.4) is 0 Å². The number of carbonyl (C=O) groups is 1. The van der Waals surface area contributed by atoms with E-state index >= 15 is 0 Å². The van der Waals surface area contributed by atoms with E-state index in [2.05, 4.69) is 15.9 Å². The van der Waals surface area contributed by atoms with Gasteiger partial charge in [-0.05, 0) is 29.6 Å². The Labute approximate surface area is 106 Å². The van der Waals surface area contributed by atoms with E-state index in [1.807, 2.05) is 0 Å². The third-order valence-corrected chi connectivity index (χ3v) is 8.60. The molecular weight excluding hydrogens is 288 g/mol. The van der Waals surface area contributed by atoms with Gasteiger partial charge in [0.15, 0.2) is 5.79 Å². The zero-order chi connectivity index (χ0) is 11.4. The highest BCUT2D eigenvalue weighted by atomic mass is 79.9. The molecule has 17 heavy (non-hydrogen) atoms. The van der Waals surface area contributed by atoms with Crippen LogP contribution in [0.25, 0.3) is 0 Å². The van der Waals surface area contributed by atoms with Crippen molar-refractivity contribution in [2.75, 3.05) is 13.2 Å². The van der Waals surface area contributed by atoms with Crippen molar-refractivity contribution < 1.29 is 19.4 Å². The summed E-state index contributed by atoms with van der Waals surface area (Å²) >= 11 is 3.88. The molecule has 7 rings (SSSR count). The molecule has 4 unspecified atom stereocenters. The van der Waals surface area contributed by atoms with E-state index in [9.17, 15) is 9.90 Å². The van der Waals surface area contributed by atoms with Gasteiger partial charge < -0.3 is 19.4 Å². The summed E-state index contributed by atoms with van der Waals surface area (Å²) in [5, 5.41) is 11.4. The number of carboxylic acids is 1. The van der Waals surface area contributed by atoms with Crippen LogP contribution in [0.15, 0.2) is 0 Å². The smallest absolute Gasteiger partial charge is 0.187 e. The number of halogens is 1. The van der Waals surface area contributed by atoms with Gasteiger partial charge in [-0.2, -0.15) is 0 Å². The number of hydrogen-bond acceptors (Lipinski definition) is 4. The Balaban J connectivity index is 1.59. The van der Waals surface area contributed by atoms with Crippen LogP contribution in [0.5, 0.6) is 0 Å². The highest BCUT2D eigenvalue weighted by molar-refractivity contribution is 9.10. The molecule has 1 spiro atoms. The fraction of sp³-hybridized carbons (Fsp3) is 0.917. The van der Waals surface area contributed by atoms with Gasteiger partial charge in [-0.1, -0.05) is 15.9 Å². The van der Waals surface area contributed by atoms with Gasteiger partial charge in [0, 0.05) is 17.3 Å². The average Bonchev–Trinajstić information content (AvgIpc) is 2.78. The highest BCUT2D eigenvalue weighted by Crippen LogP contribution is 3.04. The lowest BCUT2D eigenvalue weighted by molar-refractivity contribution is -0.456. The number of hydrogen-bond donors (Lipinski definition) is 0. The second-order valence-corrected chi connectivity index (χ2v) is 7.82. The molecule has 2 bridgehead atoms. The first kappa shape index (κ1) is 8.88. The molecule has 4 nitrogen and oxygen atoms in total. The van der Waals surface area contributed by atoms with Crippen molar-refractivity contribution in [1.82, 2.24) is 0 Å². The number of ether oxygens (including phenoxy) is 2. The predicted molar refractivity (Wildman–Crippen MR) is 54.7 cm³/mol. The van der Waals surface area contributed by atoms with E-state index in [1.165, 1.54) is 0 Å².